The van der Waals surface area contributed by atoms with E-state index in [9.17, 15) is 19.8 Å². The largest absolute Gasteiger partial charge is 0.497 e. The second-order valence-electron chi connectivity index (χ2n) is 11.6. The fraction of sp³-hybridized carbons (Fsp3) is 0.237. The number of methoxy groups -OCH3 is 3. The van der Waals surface area contributed by atoms with Gasteiger partial charge in [0.15, 0.2) is 0 Å². The lowest BCUT2D eigenvalue weighted by Crippen LogP contribution is -2.51. The minimum Gasteiger partial charge on any atom is -0.497 e. The minimum absolute atomic E-state index is 0.0109. The number of carbonyl (C=O) groups excluding carboxylic acids is 1. The van der Waals surface area contributed by atoms with Crippen LogP contribution < -0.4 is 25.2 Å². The SMILES string of the molecule is COc1ccc(C(=O)Nc2ccn([C@H]3C[C@H](O)[C@@H](C(O)C(c4ccccc4)(c4ccc(OC)cc4)c4ccc(OC)cc4)O3)c(=O)n2)cc1. The summed E-state index contributed by atoms with van der Waals surface area (Å²) in [5.41, 5.74) is 0.646. The summed E-state index contributed by atoms with van der Waals surface area (Å²) in [5, 5.41) is 26.6. The van der Waals surface area contributed by atoms with E-state index in [0.717, 1.165) is 16.7 Å². The third-order valence-electron chi connectivity index (χ3n) is 8.95. The lowest BCUT2D eigenvalue weighted by molar-refractivity contribution is -0.0976. The molecule has 11 nitrogen and oxygen atoms in total. The number of ether oxygens (including phenoxy) is 4. The first kappa shape index (κ1) is 33.4. The summed E-state index contributed by atoms with van der Waals surface area (Å²) >= 11 is 0. The summed E-state index contributed by atoms with van der Waals surface area (Å²) in [6.45, 7) is 0. The van der Waals surface area contributed by atoms with Crippen LogP contribution in [0.2, 0.25) is 0 Å². The maximum atomic E-state index is 13.2. The maximum absolute atomic E-state index is 13.2. The predicted octanol–water partition coefficient (Wildman–Crippen LogP) is 4.57. The predicted molar refractivity (Wildman–Crippen MR) is 182 cm³/mol. The Morgan fingerprint density at radius 3 is 1.84 bits per heavy atom. The summed E-state index contributed by atoms with van der Waals surface area (Å²) in [4.78, 5) is 30.0. The number of aliphatic hydroxyl groups excluding tert-OH is 2. The standard InChI is InChI=1S/C38H37N3O8/c1-46-28-15-9-24(10-16-28)36(44)39-32-21-22-41(37(45)40-32)33-23-31(42)34(49-33)35(43)38(25-7-5-4-6-8-25,26-11-17-29(47-2)18-12-26)27-13-19-30(48-3)20-14-27/h4-22,31,33-35,42-43H,23H2,1-3H3,(H,39,40,44,45)/t31-,33+,34-,35?/m0/s1. The van der Waals surface area contributed by atoms with Crippen LogP contribution in [0.1, 0.15) is 39.7 Å². The molecule has 4 atom stereocenters. The summed E-state index contributed by atoms with van der Waals surface area (Å²) < 4.78 is 23.6. The molecule has 1 aliphatic rings. The van der Waals surface area contributed by atoms with E-state index in [-0.39, 0.29) is 12.2 Å². The summed E-state index contributed by atoms with van der Waals surface area (Å²) in [6, 6.07) is 32.3. The maximum Gasteiger partial charge on any atom is 0.351 e. The van der Waals surface area contributed by atoms with Gasteiger partial charge in [0.2, 0.25) is 0 Å². The molecule has 49 heavy (non-hydrogen) atoms. The molecule has 1 aliphatic heterocycles. The monoisotopic (exact) mass is 663 g/mol. The zero-order valence-corrected chi connectivity index (χ0v) is 27.2. The summed E-state index contributed by atoms with van der Waals surface area (Å²) in [6.07, 6.45) is -3.11. The quantitative estimate of drug-likeness (QED) is 0.173. The zero-order chi connectivity index (χ0) is 34.5. The van der Waals surface area contributed by atoms with E-state index in [2.05, 4.69) is 10.3 Å². The molecule has 1 unspecified atom stereocenters. The first-order chi connectivity index (χ1) is 23.8. The number of anilines is 1. The number of hydrogen-bond donors (Lipinski definition) is 3. The molecule has 4 aromatic carbocycles. The topological polar surface area (TPSA) is 141 Å². The van der Waals surface area contributed by atoms with Gasteiger partial charge in [-0.15, -0.1) is 0 Å². The van der Waals surface area contributed by atoms with Crippen LogP contribution in [0.3, 0.4) is 0 Å². The number of amides is 1. The number of nitrogens with one attached hydrogen (secondary N) is 1. The molecule has 0 spiro atoms. The van der Waals surface area contributed by atoms with E-state index in [4.69, 9.17) is 18.9 Å². The van der Waals surface area contributed by atoms with Gasteiger partial charge in [-0.1, -0.05) is 54.6 Å². The Bertz CT molecular complexity index is 1880. The van der Waals surface area contributed by atoms with E-state index in [1.807, 2.05) is 78.9 Å². The van der Waals surface area contributed by atoms with Crippen LogP contribution in [0.4, 0.5) is 5.82 Å². The molecule has 2 heterocycles. The number of hydrogen-bond acceptors (Lipinski definition) is 9. The molecular formula is C38H37N3O8. The van der Waals surface area contributed by atoms with E-state index < -0.39 is 41.6 Å². The second kappa shape index (κ2) is 14.3. The molecule has 1 saturated heterocycles. The molecule has 252 valence electrons. The van der Waals surface area contributed by atoms with E-state index in [1.54, 1.807) is 38.5 Å². The van der Waals surface area contributed by atoms with Gasteiger partial charge in [0.25, 0.3) is 5.91 Å². The van der Waals surface area contributed by atoms with Gasteiger partial charge in [-0.2, -0.15) is 4.98 Å². The highest BCUT2D eigenvalue weighted by molar-refractivity contribution is 6.03. The lowest BCUT2D eigenvalue weighted by atomic mass is 9.64. The van der Waals surface area contributed by atoms with E-state index in [0.29, 0.717) is 22.8 Å². The highest BCUT2D eigenvalue weighted by Gasteiger charge is 2.52. The van der Waals surface area contributed by atoms with Crippen molar-refractivity contribution in [2.75, 3.05) is 26.6 Å². The van der Waals surface area contributed by atoms with Crippen molar-refractivity contribution in [2.24, 2.45) is 0 Å². The van der Waals surface area contributed by atoms with Crippen LogP contribution in [0.15, 0.2) is 120 Å². The van der Waals surface area contributed by atoms with Crippen LogP contribution >= 0.6 is 0 Å². The van der Waals surface area contributed by atoms with Gasteiger partial charge in [0, 0.05) is 18.2 Å². The smallest absolute Gasteiger partial charge is 0.351 e. The van der Waals surface area contributed by atoms with Gasteiger partial charge >= 0.3 is 5.69 Å². The van der Waals surface area contributed by atoms with Crippen LogP contribution in [0.25, 0.3) is 0 Å². The van der Waals surface area contributed by atoms with Crippen molar-refractivity contribution >= 4 is 11.7 Å². The van der Waals surface area contributed by atoms with E-state index >= 15 is 0 Å². The molecule has 5 aromatic rings. The fourth-order valence-corrected chi connectivity index (χ4v) is 6.43. The van der Waals surface area contributed by atoms with Gasteiger partial charge in [-0.3, -0.25) is 9.36 Å². The number of rotatable bonds is 11. The Hall–Kier alpha value is -5.49. The number of aromatic nitrogens is 2. The van der Waals surface area contributed by atoms with Crippen molar-refractivity contribution in [3.05, 3.63) is 148 Å². The van der Waals surface area contributed by atoms with Gasteiger partial charge in [0.05, 0.1) is 32.8 Å². The second-order valence-corrected chi connectivity index (χ2v) is 11.6. The molecule has 0 aliphatic carbocycles. The van der Waals surface area contributed by atoms with Gasteiger partial charge in [-0.25, -0.2) is 4.79 Å². The van der Waals surface area contributed by atoms with E-state index in [1.165, 1.54) is 23.9 Å². The Morgan fingerprint density at radius 1 is 0.816 bits per heavy atom. The number of carbonyl (C=O) groups is 1. The molecule has 0 radical (unpaired) electrons. The Morgan fingerprint density at radius 2 is 1.33 bits per heavy atom. The van der Waals surface area contributed by atoms with Crippen LogP contribution in [0, 0.1) is 0 Å². The molecule has 1 aromatic heterocycles. The van der Waals surface area contributed by atoms with Crippen LogP contribution in [-0.4, -0.2) is 65.3 Å². The molecule has 6 rings (SSSR count). The average molecular weight is 664 g/mol. The van der Waals surface area contributed by atoms with Gasteiger partial charge < -0.3 is 34.5 Å². The summed E-state index contributed by atoms with van der Waals surface area (Å²) in [5.74, 6) is 1.50. The van der Waals surface area contributed by atoms with Crippen molar-refractivity contribution < 1.29 is 34.0 Å². The highest BCUT2D eigenvalue weighted by Crippen LogP contribution is 2.47. The molecular weight excluding hydrogens is 626 g/mol. The van der Waals surface area contributed by atoms with Crippen molar-refractivity contribution in [2.45, 2.75) is 36.4 Å². The van der Waals surface area contributed by atoms with Crippen molar-refractivity contribution in [1.29, 1.82) is 0 Å². The van der Waals surface area contributed by atoms with Gasteiger partial charge in [-0.05, 0) is 71.3 Å². The zero-order valence-electron chi connectivity index (χ0n) is 27.2. The first-order valence-electron chi connectivity index (χ1n) is 15.7. The van der Waals surface area contributed by atoms with Crippen molar-refractivity contribution in [3.8, 4) is 17.2 Å². The van der Waals surface area contributed by atoms with Gasteiger partial charge in [0.1, 0.15) is 41.5 Å². The highest BCUT2D eigenvalue weighted by atomic mass is 16.5. The average Bonchev–Trinajstić information content (AvgIpc) is 3.53. The molecule has 0 bridgehead atoms. The Labute approximate surface area is 283 Å². The number of aliphatic hydroxyl groups is 2. The molecule has 11 heteroatoms. The Balaban J connectivity index is 1.33. The van der Waals surface area contributed by atoms with Crippen LogP contribution in [0.5, 0.6) is 17.2 Å². The fourth-order valence-electron chi connectivity index (χ4n) is 6.43. The van der Waals surface area contributed by atoms with Crippen LogP contribution in [-0.2, 0) is 10.2 Å². The minimum atomic E-state index is -1.34. The Kier molecular flexibility index (Phi) is 9.77. The third kappa shape index (κ3) is 6.51. The third-order valence-corrected chi connectivity index (χ3v) is 8.95. The molecule has 3 N–H and O–H groups in total. The summed E-state index contributed by atoms with van der Waals surface area (Å²) in [7, 11) is 4.70. The van der Waals surface area contributed by atoms with Crippen molar-refractivity contribution in [3.63, 3.8) is 0 Å². The first-order valence-corrected chi connectivity index (χ1v) is 15.7. The molecule has 0 saturated carbocycles. The normalized spacial score (nSPS) is 18.0. The lowest BCUT2D eigenvalue weighted by Gasteiger charge is -2.43. The van der Waals surface area contributed by atoms with Crippen molar-refractivity contribution in [1.82, 2.24) is 9.55 Å². The number of benzene rings is 4. The molecule has 1 amide bonds. The number of nitrogens with zero attached hydrogens (tertiary/aromatic N) is 2. The molecule has 1 fully saturated rings.